The van der Waals surface area contributed by atoms with Crippen LogP contribution in [0.1, 0.15) is 78.9 Å². The van der Waals surface area contributed by atoms with Crippen LogP contribution in [0.5, 0.6) is 5.75 Å². The van der Waals surface area contributed by atoms with Crippen molar-refractivity contribution in [1.29, 1.82) is 0 Å². The molecule has 268 valence electrons. The van der Waals surface area contributed by atoms with Crippen LogP contribution in [0, 0.1) is 11.8 Å². The highest BCUT2D eigenvalue weighted by Gasteiger charge is 2.38. The Morgan fingerprint density at radius 1 is 0.857 bits per heavy atom. The maximum absolute atomic E-state index is 13.8. The molecule has 1 heterocycles. The smallest absolute Gasteiger partial charge is 0.408 e. The molecule has 3 rings (SSSR count). The van der Waals surface area contributed by atoms with Gasteiger partial charge in [-0.2, -0.15) is 0 Å². The highest BCUT2D eigenvalue weighted by molar-refractivity contribution is 5.95. The molecule has 0 unspecified atom stereocenters. The molecule has 1 fully saturated rings. The van der Waals surface area contributed by atoms with Crippen molar-refractivity contribution in [2.24, 2.45) is 17.6 Å². The fourth-order valence-corrected chi connectivity index (χ4v) is 5.63. The van der Waals surface area contributed by atoms with Crippen LogP contribution in [0.4, 0.5) is 4.79 Å². The van der Waals surface area contributed by atoms with E-state index in [1.54, 1.807) is 46.8 Å². The van der Waals surface area contributed by atoms with Crippen molar-refractivity contribution in [3.63, 3.8) is 0 Å². The third-order valence-electron chi connectivity index (χ3n) is 8.05. The zero-order chi connectivity index (χ0) is 36.3. The molecule has 0 radical (unpaired) electrons. The molecule has 0 saturated carbocycles. The number of nitrogens with zero attached hydrogens (tertiary/aromatic N) is 1. The highest BCUT2D eigenvalue weighted by Crippen LogP contribution is 2.21. The topological polar surface area (TPSA) is 169 Å². The number of likely N-dealkylation sites (tertiary alicyclic amines) is 1. The van der Waals surface area contributed by atoms with Gasteiger partial charge < -0.3 is 36.1 Å². The standard InChI is InChI=1S/C37H53N5O7/c1-23(2)20-29(35(46)42-19-11-14-30(42)32(38)43)39-34(45)31(24(3)4)41-33(44)28(40-36(47)49-37(5,6)7)21-25-15-17-27(18-16-25)48-22-26-12-9-8-10-13-26/h8-10,12-13,15-18,23-24,28-31H,11,14,19-22H2,1-7H3,(H2,38,43)(H,39,45)(H,40,47)(H,41,44)/t28-,29-,30+,31-/m1/s1. The monoisotopic (exact) mass is 679 g/mol. The summed E-state index contributed by atoms with van der Waals surface area (Å²) in [6.07, 6.45) is 0.775. The van der Waals surface area contributed by atoms with Gasteiger partial charge in [-0.15, -0.1) is 0 Å². The lowest BCUT2D eigenvalue weighted by molar-refractivity contribution is -0.141. The van der Waals surface area contributed by atoms with Crippen LogP contribution >= 0.6 is 0 Å². The number of alkyl carbamates (subject to hydrolysis) is 1. The number of nitrogens with two attached hydrogens (primary N) is 1. The second kappa shape index (κ2) is 17.7. The summed E-state index contributed by atoms with van der Waals surface area (Å²) in [4.78, 5) is 67.4. The van der Waals surface area contributed by atoms with Crippen LogP contribution in [0.25, 0.3) is 0 Å². The first-order valence-electron chi connectivity index (χ1n) is 17.0. The minimum absolute atomic E-state index is 0.0495. The third kappa shape index (κ3) is 12.4. The highest BCUT2D eigenvalue weighted by atomic mass is 16.6. The summed E-state index contributed by atoms with van der Waals surface area (Å²) < 4.78 is 11.3. The number of benzene rings is 2. The maximum Gasteiger partial charge on any atom is 0.408 e. The van der Waals surface area contributed by atoms with E-state index in [0.717, 1.165) is 11.1 Å². The van der Waals surface area contributed by atoms with Crippen LogP contribution < -0.4 is 26.4 Å². The molecule has 2 aromatic carbocycles. The van der Waals surface area contributed by atoms with Gasteiger partial charge in [0.25, 0.3) is 0 Å². The van der Waals surface area contributed by atoms with Gasteiger partial charge in [0, 0.05) is 13.0 Å². The van der Waals surface area contributed by atoms with Crippen molar-refractivity contribution >= 4 is 29.7 Å². The summed E-state index contributed by atoms with van der Waals surface area (Å²) in [7, 11) is 0. The Balaban J connectivity index is 1.76. The van der Waals surface area contributed by atoms with Gasteiger partial charge in [0.1, 0.15) is 42.1 Å². The fraction of sp³-hybridized carbons (Fsp3) is 0.541. The number of hydrogen-bond donors (Lipinski definition) is 4. The molecule has 2 aromatic rings. The largest absolute Gasteiger partial charge is 0.489 e. The molecule has 12 heteroatoms. The fourth-order valence-electron chi connectivity index (χ4n) is 5.63. The van der Waals surface area contributed by atoms with Crippen molar-refractivity contribution in [3.05, 3.63) is 65.7 Å². The molecular weight excluding hydrogens is 626 g/mol. The van der Waals surface area contributed by atoms with Gasteiger partial charge in [0.2, 0.25) is 23.6 Å². The normalized spacial score (nSPS) is 16.4. The Morgan fingerprint density at radius 3 is 2.08 bits per heavy atom. The molecule has 5 amide bonds. The Hall–Kier alpha value is -4.61. The van der Waals surface area contributed by atoms with E-state index in [0.29, 0.717) is 38.2 Å². The molecule has 4 atom stereocenters. The first-order valence-corrected chi connectivity index (χ1v) is 17.0. The lowest BCUT2D eigenvalue weighted by Gasteiger charge is -2.31. The Morgan fingerprint density at radius 2 is 1.51 bits per heavy atom. The lowest BCUT2D eigenvalue weighted by atomic mass is 9.98. The molecule has 12 nitrogen and oxygen atoms in total. The van der Waals surface area contributed by atoms with E-state index in [-0.39, 0.29) is 24.2 Å². The van der Waals surface area contributed by atoms with Crippen LogP contribution in [0.2, 0.25) is 0 Å². The molecule has 1 saturated heterocycles. The number of carbonyl (C=O) groups is 5. The number of amides is 5. The summed E-state index contributed by atoms with van der Waals surface area (Å²) >= 11 is 0. The van der Waals surface area contributed by atoms with Gasteiger partial charge in [-0.25, -0.2) is 4.79 Å². The van der Waals surface area contributed by atoms with Crippen LogP contribution in [0.3, 0.4) is 0 Å². The predicted molar refractivity (Wildman–Crippen MR) is 186 cm³/mol. The summed E-state index contributed by atoms with van der Waals surface area (Å²) in [6.45, 7) is 13.3. The predicted octanol–water partition coefficient (Wildman–Crippen LogP) is 3.85. The van der Waals surface area contributed by atoms with E-state index < -0.39 is 53.6 Å². The average molecular weight is 680 g/mol. The number of primary amides is 1. The van der Waals surface area contributed by atoms with E-state index in [1.165, 1.54) is 4.90 Å². The van der Waals surface area contributed by atoms with Crippen molar-refractivity contribution in [3.8, 4) is 5.75 Å². The van der Waals surface area contributed by atoms with Crippen LogP contribution in [0.15, 0.2) is 54.6 Å². The number of carbonyl (C=O) groups excluding carboxylic acids is 5. The van der Waals surface area contributed by atoms with Crippen molar-refractivity contribution in [1.82, 2.24) is 20.9 Å². The van der Waals surface area contributed by atoms with E-state index in [9.17, 15) is 24.0 Å². The number of nitrogens with one attached hydrogen (secondary N) is 3. The van der Waals surface area contributed by atoms with Gasteiger partial charge in [-0.05, 0) is 75.1 Å². The number of ether oxygens (including phenoxy) is 2. The summed E-state index contributed by atoms with van der Waals surface area (Å²) in [5, 5.41) is 8.31. The summed E-state index contributed by atoms with van der Waals surface area (Å²) in [5.74, 6) is -1.77. The molecule has 1 aliphatic heterocycles. The van der Waals surface area contributed by atoms with Crippen molar-refractivity contribution < 1.29 is 33.4 Å². The SMILES string of the molecule is CC(C)C[C@@H](NC(=O)[C@H](NC(=O)[C@@H](Cc1ccc(OCc2ccccc2)cc1)NC(=O)OC(C)(C)C)C(C)C)C(=O)N1CCC[C@H]1C(N)=O. The van der Waals surface area contributed by atoms with Crippen LogP contribution in [-0.4, -0.2) is 70.9 Å². The Kier molecular flexibility index (Phi) is 14.0. The third-order valence-corrected chi connectivity index (χ3v) is 8.05. The molecule has 49 heavy (non-hydrogen) atoms. The van der Waals surface area contributed by atoms with Gasteiger partial charge in [0.15, 0.2) is 0 Å². The zero-order valence-corrected chi connectivity index (χ0v) is 29.8. The van der Waals surface area contributed by atoms with Gasteiger partial charge >= 0.3 is 6.09 Å². The molecule has 0 aromatic heterocycles. The molecule has 0 bridgehead atoms. The Labute approximate surface area is 289 Å². The lowest BCUT2D eigenvalue weighted by Crippen LogP contribution is -2.59. The van der Waals surface area contributed by atoms with E-state index in [1.807, 2.05) is 56.3 Å². The molecule has 0 spiro atoms. The molecule has 5 N–H and O–H groups in total. The van der Waals surface area contributed by atoms with Gasteiger partial charge in [-0.3, -0.25) is 19.2 Å². The number of hydrogen-bond acceptors (Lipinski definition) is 7. The first kappa shape index (κ1) is 38.8. The maximum atomic E-state index is 13.8. The van der Waals surface area contributed by atoms with E-state index >= 15 is 0 Å². The van der Waals surface area contributed by atoms with Gasteiger partial charge in [-0.1, -0.05) is 70.2 Å². The van der Waals surface area contributed by atoms with Crippen molar-refractivity contribution in [2.75, 3.05) is 6.54 Å². The van der Waals surface area contributed by atoms with Gasteiger partial charge in [0.05, 0.1) is 0 Å². The average Bonchev–Trinajstić information content (AvgIpc) is 3.52. The van der Waals surface area contributed by atoms with E-state index in [2.05, 4.69) is 16.0 Å². The second-order valence-corrected chi connectivity index (χ2v) is 14.3. The minimum atomic E-state index is -1.09. The van der Waals surface area contributed by atoms with E-state index in [4.69, 9.17) is 15.2 Å². The summed E-state index contributed by atoms with van der Waals surface area (Å²) in [5.41, 5.74) is 6.52. The molecule has 1 aliphatic rings. The molecular formula is C37H53N5O7. The summed E-state index contributed by atoms with van der Waals surface area (Å²) in [6, 6.07) is 13.2. The Bertz CT molecular complexity index is 1420. The number of rotatable bonds is 15. The quantitative estimate of drug-likeness (QED) is 0.222. The first-order chi connectivity index (χ1) is 23.0. The minimum Gasteiger partial charge on any atom is -0.489 e. The zero-order valence-electron chi connectivity index (χ0n) is 29.8. The van der Waals surface area contributed by atoms with Crippen LogP contribution in [-0.2, 0) is 36.9 Å². The molecule has 0 aliphatic carbocycles. The van der Waals surface area contributed by atoms with Crippen molar-refractivity contribution in [2.45, 2.75) is 111 Å². The second-order valence-electron chi connectivity index (χ2n) is 14.3.